The summed E-state index contributed by atoms with van der Waals surface area (Å²) in [7, 11) is -3.32. The zero-order valence-corrected chi connectivity index (χ0v) is 15.6. The van der Waals surface area contributed by atoms with Crippen LogP contribution in [0.4, 0.5) is 5.69 Å². The zero-order chi connectivity index (χ0) is 17.9. The molecule has 2 aliphatic carbocycles. The lowest BCUT2D eigenvalue weighted by Gasteiger charge is -2.31. The Morgan fingerprint density at radius 3 is 2.65 bits per heavy atom. The lowest BCUT2D eigenvalue weighted by molar-refractivity contribution is 0.449. The van der Waals surface area contributed by atoms with Crippen molar-refractivity contribution in [1.82, 2.24) is 4.98 Å². The molecule has 0 spiro atoms. The van der Waals surface area contributed by atoms with Gasteiger partial charge in [-0.25, -0.2) is 8.42 Å². The molecule has 5 heteroatoms. The third-order valence-electron chi connectivity index (χ3n) is 6.05. The number of fused-ring (bicyclic) bond motifs is 2. The van der Waals surface area contributed by atoms with Crippen molar-refractivity contribution in [2.75, 3.05) is 11.0 Å². The number of para-hydroxylation sites is 1. The predicted molar refractivity (Wildman–Crippen MR) is 105 cm³/mol. The molecule has 0 aliphatic heterocycles. The van der Waals surface area contributed by atoms with Gasteiger partial charge < -0.3 is 4.98 Å². The molecule has 0 bridgehead atoms. The number of H-pyrrole nitrogens is 1. The molecule has 1 aromatic heterocycles. The van der Waals surface area contributed by atoms with Gasteiger partial charge >= 0.3 is 0 Å². The Morgan fingerprint density at radius 2 is 1.88 bits per heavy atom. The van der Waals surface area contributed by atoms with Gasteiger partial charge in [0.1, 0.15) is 0 Å². The number of aromatic amines is 1. The fraction of sp³-hybridized carbons (Fsp3) is 0.333. The van der Waals surface area contributed by atoms with Crippen molar-refractivity contribution < 1.29 is 8.42 Å². The minimum absolute atomic E-state index is 0.0541. The van der Waals surface area contributed by atoms with Crippen LogP contribution in [-0.2, 0) is 21.9 Å². The Balaban J connectivity index is 1.73. The van der Waals surface area contributed by atoms with Crippen LogP contribution in [0.15, 0.2) is 48.7 Å². The molecule has 2 N–H and O–H groups in total. The number of hydrogen-bond acceptors (Lipinski definition) is 2. The predicted octanol–water partition coefficient (Wildman–Crippen LogP) is 4.18. The standard InChI is InChI=1S/C21H22N2O2S/c1-26(24,25)23-19-8-4-6-16-18(13-22-20(16)19)21(15-9-10-15)12-11-14-5-2-3-7-17(14)21/h2-8,13,15,22-23H,9-12H2,1H3. The van der Waals surface area contributed by atoms with Crippen LogP contribution < -0.4 is 4.72 Å². The van der Waals surface area contributed by atoms with E-state index in [1.165, 1.54) is 35.8 Å². The van der Waals surface area contributed by atoms with E-state index in [2.05, 4.69) is 46.2 Å². The summed E-state index contributed by atoms with van der Waals surface area (Å²) in [5.74, 6) is 0.677. The summed E-state index contributed by atoms with van der Waals surface area (Å²) >= 11 is 0. The van der Waals surface area contributed by atoms with Crippen molar-refractivity contribution in [2.24, 2.45) is 5.92 Å². The number of anilines is 1. The van der Waals surface area contributed by atoms with Gasteiger partial charge in [-0.3, -0.25) is 4.72 Å². The molecule has 1 saturated carbocycles. The number of aromatic nitrogens is 1. The van der Waals surface area contributed by atoms with E-state index in [0.717, 1.165) is 23.7 Å². The molecule has 1 unspecified atom stereocenters. The lowest BCUT2D eigenvalue weighted by Crippen LogP contribution is -2.27. The summed E-state index contributed by atoms with van der Waals surface area (Å²) in [6.07, 6.45) is 8.08. The van der Waals surface area contributed by atoms with E-state index in [4.69, 9.17) is 0 Å². The van der Waals surface area contributed by atoms with Gasteiger partial charge in [-0.15, -0.1) is 0 Å². The molecule has 26 heavy (non-hydrogen) atoms. The molecule has 0 radical (unpaired) electrons. The van der Waals surface area contributed by atoms with Crippen molar-refractivity contribution in [1.29, 1.82) is 0 Å². The minimum atomic E-state index is -3.32. The Labute approximate surface area is 153 Å². The van der Waals surface area contributed by atoms with Crippen LogP contribution in [0, 0.1) is 5.92 Å². The quantitative estimate of drug-likeness (QED) is 0.727. The largest absolute Gasteiger partial charge is 0.359 e. The Kier molecular flexibility index (Phi) is 3.29. The topological polar surface area (TPSA) is 62.0 Å². The maximum atomic E-state index is 11.7. The molecule has 0 amide bonds. The van der Waals surface area contributed by atoms with E-state index in [1.54, 1.807) is 0 Å². The second-order valence-corrected chi connectivity index (χ2v) is 9.46. The minimum Gasteiger partial charge on any atom is -0.359 e. The summed E-state index contributed by atoms with van der Waals surface area (Å²) < 4.78 is 26.1. The third-order valence-corrected chi connectivity index (χ3v) is 6.64. The summed E-state index contributed by atoms with van der Waals surface area (Å²) in [5, 5.41) is 1.13. The number of benzene rings is 2. The number of sulfonamides is 1. The molecule has 5 rings (SSSR count). The smallest absolute Gasteiger partial charge is 0.229 e. The van der Waals surface area contributed by atoms with E-state index < -0.39 is 10.0 Å². The highest BCUT2D eigenvalue weighted by Gasteiger charge is 2.51. The van der Waals surface area contributed by atoms with Crippen LogP contribution in [0.25, 0.3) is 10.9 Å². The number of nitrogens with one attached hydrogen (secondary N) is 2. The van der Waals surface area contributed by atoms with E-state index >= 15 is 0 Å². The van der Waals surface area contributed by atoms with Gasteiger partial charge in [-0.2, -0.15) is 0 Å². The van der Waals surface area contributed by atoms with E-state index in [-0.39, 0.29) is 5.41 Å². The zero-order valence-electron chi connectivity index (χ0n) is 14.7. The van der Waals surface area contributed by atoms with Crippen molar-refractivity contribution >= 4 is 26.6 Å². The summed E-state index contributed by atoms with van der Waals surface area (Å²) in [5.41, 5.74) is 5.78. The molecular formula is C21H22N2O2S. The first-order valence-corrected chi connectivity index (χ1v) is 11.0. The van der Waals surface area contributed by atoms with Gasteiger partial charge in [0.25, 0.3) is 0 Å². The van der Waals surface area contributed by atoms with Gasteiger partial charge in [-0.05, 0) is 54.4 Å². The van der Waals surface area contributed by atoms with E-state index in [9.17, 15) is 8.42 Å². The first kappa shape index (κ1) is 15.9. The molecule has 0 saturated heterocycles. The molecule has 134 valence electrons. The van der Waals surface area contributed by atoms with Crippen LogP contribution >= 0.6 is 0 Å². The van der Waals surface area contributed by atoms with Gasteiger partial charge in [-0.1, -0.05) is 36.4 Å². The summed E-state index contributed by atoms with van der Waals surface area (Å²) in [4.78, 5) is 3.37. The van der Waals surface area contributed by atoms with Gasteiger partial charge in [0.15, 0.2) is 0 Å². The van der Waals surface area contributed by atoms with Crippen LogP contribution in [0.2, 0.25) is 0 Å². The first-order valence-electron chi connectivity index (χ1n) is 9.16. The fourth-order valence-corrected chi connectivity index (χ4v) is 5.52. The molecule has 1 fully saturated rings. The Morgan fingerprint density at radius 1 is 1.08 bits per heavy atom. The lowest BCUT2D eigenvalue weighted by atomic mass is 9.71. The van der Waals surface area contributed by atoms with Crippen LogP contribution in [0.1, 0.15) is 36.0 Å². The van der Waals surface area contributed by atoms with Gasteiger partial charge in [0.05, 0.1) is 17.5 Å². The average Bonchev–Trinajstić information content (AvgIpc) is 3.24. The highest BCUT2D eigenvalue weighted by atomic mass is 32.2. The molecule has 2 aliphatic rings. The molecular weight excluding hydrogens is 344 g/mol. The van der Waals surface area contributed by atoms with Gasteiger partial charge in [0.2, 0.25) is 10.0 Å². The highest BCUT2D eigenvalue weighted by molar-refractivity contribution is 7.92. The SMILES string of the molecule is CS(=O)(=O)Nc1cccc2c(C3(C4CC4)CCc4ccccc43)c[nH]c12. The highest BCUT2D eigenvalue weighted by Crippen LogP contribution is 2.59. The molecule has 3 aromatic rings. The summed E-state index contributed by atoms with van der Waals surface area (Å²) in [6, 6.07) is 14.7. The molecule has 2 aromatic carbocycles. The van der Waals surface area contributed by atoms with E-state index in [1.807, 2.05) is 12.1 Å². The Bertz CT molecular complexity index is 1110. The van der Waals surface area contributed by atoms with Crippen LogP contribution in [0.5, 0.6) is 0 Å². The number of rotatable bonds is 4. The maximum absolute atomic E-state index is 11.7. The maximum Gasteiger partial charge on any atom is 0.229 e. The normalized spacial score (nSPS) is 22.5. The second kappa shape index (κ2) is 5.36. The third kappa shape index (κ3) is 2.30. The van der Waals surface area contributed by atoms with Crippen molar-refractivity contribution in [2.45, 2.75) is 31.1 Å². The summed E-state index contributed by atoms with van der Waals surface area (Å²) in [6.45, 7) is 0. The fourth-order valence-electron chi connectivity index (χ4n) is 4.95. The number of aryl methyl sites for hydroxylation is 1. The van der Waals surface area contributed by atoms with Crippen molar-refractivity contribution in [3.63, 3.8) is 0 Å². The monoisotopic (exact) mass is 366 g/mol. The van der Waals surface area contributed by atoms with Crippen LogP contribution in [-0.4, -0.2) is 19.7 Å². The van der Waals surface area contributed by atoms with Crippen LogP contribution in [0.3, 0.4) is 0 Å². The van der Waals surface area contributed by atoms with Crippen molar-refractivity contribution in [3.8, 4) is 0 Å². The second-order valence-electron chi connectivity index (χ2n) is 7.71. The van der Waals surface area contributed by atoms with Gasteiger partial charge in [0, 0.05) is 17.0 Å². The Hall–Kier alpha value is -2.27. The first-order chi connectivity index (χ1) is 12.5. The number of hydrogen-bond donors (Lipinski definition) is 2. The molecule has 1 atom stereocenters. The molecule has 4 nitrogen and oxygen atoms in total. The van der Waals surface area contributed by atoms with Crippen molar-refractivity contribution in [3.05, 3.63) is 65.4 Å². The van der Waals surface area contributed by atoms with E-state index in [0.29, 0.717) is 11.6 Å². The average molecular weight is 366 g/mol. The molecule has 1 heterocycles.